The summed E-state index contributed by atoms with van der Waals surface area (Å²) in [5, 5.41) is 1.20. The first-order chi connectivity index (χ1) is 21.1. The van der Waals surface area contributed by atoms with Crippen LogP contribution in [0.1, 0.15) is 63.9 Å². The molecule has 3 heterocycles. The summed E-state index contributed by atoms with van der Waals surface area (Å²) in [6.07, 6.45) is 7.57. The molecule has 4 nitrogen and oxygen atoms in total. The Labute approximate surface area is 253 Å². The molecule has 43 heavy (non-hydrogen) atoms. The maximum atomic E-state index is 14.1. The number of carbonyl (C=O) groups is 1. The summed E-state index contributed by atoms with van der Waals surface area (Å²) < 4.78 is 4.24. The minimum atomic E-state index is -0.646. The molecule has 7 rings (SSSR count). The summed E-state index contributed by atoms with van der Waals surface area (Å²) in [6.45, 7) is 4.32. The van der Waals surface area contributed by atoms with E-state index >= 15 is 0 Å². The number of benzene rings is 4. The number of carbonyl (C=O) groups excluding carboxylic acids is 1. The van der Waals surface area contributed by atoms with Gasteiger partial charge in [0, 0.05) is 22.3 Å². The van der Waals surface area contributed by atoms with Crippen LogP contribution in [0, 0.1) is 6.92 Å². The van der Waals surface area contributed by atoms with Gasteiger partial charge in [0.15, 0.2) is 0 Å². The fraction of sp³-hybridized carbons (Fsp3) is 0.179. The molecule has 212 valence electrons. The van der Waals surface area contributed by atoms with Crippen LogP contribution < -0.4 is 0 Å². The largest absolute Gasteiger partial charge is 0.316 e. The van der Waals surface area contributed by atoms with Crippen molar-refractivity contribution < 1.29 is 4.79 Å². The second-order valence-electron chi connectivity index (χ2n) is 11.4. The average molecular weight is 562 g/mol. The summed E-state index contributed by atoms with van der Waals surface area (Å²) in [6, 6.07) is 40.2. The number of aryl methyl sites for hydroxylation is 1. The third-order valence-electron chi connectivity index (χ3n) is 8.99. The van der Waals surface area contributed by atoms with Crippen LogP contribution in [0.2, 0.25) is 0 Å². The van der Waals surface area contributed by atoms with Gasteiger partial charge < -0.3 is 4.57 Å². The summed E-state index contributed by atoms with van der Waals surface area (Å²) in [5.41, 5.74) is 8.93. The van der Waals surface area contributed by atoms with Crippen LogP contribution in [0.4, 0.5) is 0 Å². The van der Waals surface area contributed by atoms with Crippen molar-refractivity contribution in [1.29, 1.82) is 0 Å². The van der Waals surface area contributed by atoms with Gasteiger partial charge in [-0.15, -0.1) is 0 Å². The Kier molecular flexibility index (Phi) is 6.90. The Morgan fingerprint density at radius 3 is 1.91 bits per heavy atom. The predicted octanol–water partition coefficient (Wildman–Crippen LogP) is 8.61. The van der Waals surface area contributed by atoms with E-state index < -0.39 is 5.54 Å². The Hall–Kier alpha value is -4.96. The van der Waals surface area contributed by atoms with Gasteiger partial charge in [-0.1, -0.05) is 123 Å². The van der Waals surface area contributed by atoms with E-state index in [0.717, 1.165) is 58.4 Å². The zero-order valence-electron chi connectivity index (χ0n) is 24.7. The van der Waals surface area contributed by atoms with Crippen LogP contribution >= 0.6 is 0 Å². The number of para-hydroxylation sites is 1. The summed E-state index contributed by atoms with van der Waals surface area (Å²) in [4.78, 5) is 19.1. The minimum Gasteiger partial charge on any atom is -0.316 e. The number of rotatable bonds is 7. The van der Waals surface area contributed by atoms with Crippen molar-refractivity contribution in [2.45, 2.75) is 45.1 Å². The molecule has 0 amide bonds. The summed E-state index contributed by atoms with van der Waals surface area (Å²) in [5.74, 6) is 0.0641. The van der Waals surface area contributed by atoms with Crippen molar-refractivity contribution in [3.63, 3.8) is 0 Å². The second kappa shape index (κ2) is 11.0. The highest BCUT2D eigenvalue weighted by atomic mass is 16.2. The molecule has 2 aromatic heterocycles. The summed E-state index contributed by atoms with van der Waals surface area (Å²) in [7, 11) is 0. The first kappa shape index (κ1) is 26.9. The quantitative estimate of drug-likeness (QED) is 0.145. The lowest BCUT2D eigenvalue weighted by molar-refractivity contribution is 0.0946. The Balaban J connectivity index is 1.40. The molecule has 4 aromatic carbocycles. The Bertz CT molecular complexity index is 1850. The molecule has 1 aliphatic rings. The van der Waals surface area contributed by atoms with E-state index in [2.05, 4.69) is 128 Å². The fourth-order valence-electron chi connectivity index (χ4n) is 7.04. The van der Waals surface area contributed by atoms with Crippen molar-refractivity contribution in [2.24, 2.45) is 0 Å². The standard InChI is InChI=1S/C39H35N3O/c1-3-15-33-34-22-13-14-23-36(34)42-37(33)25-24-29(38(42)43)26-35-28(2)41(27-40-35)39(30-16-7-4-8-17-30,31-18-9-5-10-19-31)32-20-11-6-12-21-32/h4-14,16-23,26-27H,3,15,24-25H2,1-2H3/b29-26+. The van der Waals surface area contributed by atoms with Crippen LogP contribution in [0.15, 0.2) is 127 Å². The zero-order valence-corrected chi connectivity index (χ0v) is 24.7. The highest BCUT2D eigenvalue weighted by molar-refractivity contribution is 6.07. The SMILES string of the molecule is CCCc1c2n(c3ccccc13)C(=O)/C(=C/c1ncn(C(c3ccccc3)(c3ccccc3)c3ccccc3)c1C)CC2. The van der Waals surface area contributed by atoms with Gasteiger partial charge in [-0.05, 0) is 60.6 Å². The van der Waals surface area contributed by atoms with E-state index in [1.165, 1.54) is 16.6 Å². The first-order valence-corrected chi connectivity index (χ1v) is 15.2. The van der Waals surface area contributed by atoms with Gasteiger partial charge in [-0.3, -0.25) is 9.36 Å². The van der Waals surface area contributed by atoms with Crippen LogP contribution in [0.5, 0.6) is 0 Å². The molecule has 0 saturated heterocycles. The molecule has 6 aromatic rings. The van der Waals surface area contributed by atoms with Gasteiger partial charge in [-0.25, -0.2) is 4.98 Å². The number of hydrogen-bond acceptors (Lipinski definition) is 2. The summed E-state index contributed by atoms with van der Waals surface area (Å²) >= 11 is 0. The third-order valence-corrected chi connectivity index (χ3v) is 8.99. The van der Waals surface area contributed by atoms with Gasteiger partial charge in [0.1, 0.15) is 5.54 Å². The van der Waals surface area contributed by atoms with Crippen molar-refractivity contribution in [3.8, 4) is 0 Å². The molecule has 0 aliphatic carbocycles. The topological polar surface area (TPSA) is 39.8 Å². The van der Waals surface area contributed by atoms with E-state index in [0.29, 0.717) is 6.42 Å². The normalized spacial score (nSPS) is 14.4. The van der Waals surface area contributed by atoms with Gasteiger partial charge >= 0.3 is 0 Å². The lowest BCUT2D eigenvalue weighted by Crippen LogP contribution is -2.38. The van der Waals surface area contributed by atoms with Crippen molar-refractivity contribution in [1.82, 2.24) is 14.1 Å². The van der Waals surface area contributed by atoms with Gasteiger partial charge in [0.2, 0.25) is 0 Å². The minimum absolute atomic E-state index is 0.0641. The molecular weight excluding hydrogens is 526 g/mol. The maximum Gasteiger partial charge on any atom is 0.258 e. The zero-order chi connectivity index (χ0) is 29.4. The van der Waals surface area contributed by atoms with E-state index in [-0.39, 0.29) is 5.91 Å². The van der Waals surface area contributed by atoms with E-state index in [1.54, 1.807) is 0 Å². The van der Waals surface area contributed by atoms with Crippen LogP contribution in [-0.2, 0) is 18.4 Å². The van der Waals surface area contributed by atoms with Crippen LogP contribution in [0.25, 0.3) is 17.0 Å². The number of nitrogens with zero attached hydrogens (tertiary/aromatic N) is 3. The third kappa shape index (κ3) is 4.28. The average Bonchev–Trinajstić information content (AvgIpc) is 3.58. The van der Waals surface area contributed by atoms with Crippen LogP contribution in [-0.4, -0.2) is 20.0 Å². The first-order valence-electron chi connectivity index (χ1n) is 15.2. The monoisotopic (exact) mass is 561 g/mol. The van der Waals surface area contributed by atoms with E-state index in [4.69, 9.17) is 4.98 Å². The Morgan fingerprint density at radius 1 is 0.767 bits per heavy atom. The molecule has 0 spiro atoms. The van der Waals surface area contributed by atoms with Crippen LogP contribution in [0.3, 0.4) is 0 Å². The van der Waals surface area contributed by atoms with Crippen molar-refractivity contribution in [3.05, 3.63) is 166 Å². The molecule has 0 saturated carbocycles. The highest BCUT2D eigenvalue weighted by Gasteiger charge is 2.39. The van der Waals surface area contributed by atoms with E-state index in [9.17, 15) is 4.79 Å². The molecule has 0 atom stereocenters. The highest BCUT2D eigenvalue weighted by Crippen LogP contribution is 2.42. The molecule has 0 radical (unpaired) electrons. The van der Waals surface area contributed by atoms with Gasteiger partial charge in [0.05, 0.1) is 17.5 Å². The molecule has 0 bridgehead atoms. The number of fused-ring (bicyclic) bond motifs is 3. The predicted molar refractivity (Wildman–Crippen MR) is 174 cm³/mol. The number of imidazole rings is 1. The number of allylic oxidation sites excluding steroid dienone is 1. The van der Waals surface area contributed by atoms with Gasteiger partial charge in [0.25, 0.3) is 5.91 Å². The molecule has 0 fully saturated rings. The molecular formula is C39H35N3O. The molecule has 0 unspecified atom stereocenters. The molecule has 0 N–H and O–H groups in total. The Morgan fingerprint density at radius 2 is 1.33 bits per heavy atom. The fourth-order valence-corrected chi connectivity index (χ4v) is 7.04. The number of aromatic nitrogens is 3. The molecule has 4 heteroatoms. The maximum absolute atomic E-state index is 14.1. The van der Waals surface area contributed by atoms with E-state index in [1.807, 2.05) is 23.0 Å². The van der Waals surface area contributed by atoms with Crippen molar-refractivity contribution >= 4 is 22.9 Å². The smallest absolute Gasteiger partial charge is 0.258 e. The molecule has 1 aliphatic heterocycles. The lowest BCUT2D eigenvalue weighted by atomic mass is 9.76. The second-order valence-corrected chi connectivity index (χ2v) is 11.4. The lowest BCUT2D eigenvalue weighted by Gasteiger charge is -2.38. The van der Waals surface area contributed by atoms with Crippen molar-refractivity contribution in [2.75, 3.05) is 0 Å². The van der Waals surface area contributed by atoms with Gasteiger partial charge in [-0.2, -0.15) is 0 Å². The number of hydrogen-bond donors (Lipinski definition) is 0.